The van der Waals surface area contributed by atoms with Gasteiger partial charge >= 0.3 is 0 Å². The molecule has 1 aromatic rings. The minimum Gasteiger partial charge on any atom is -0.312 e. The summed E-state index contributed by atoms with van der Waals surface area (Å²) in [5.41, 5.74) is 2.47. The fourth-order valence-electron chi connectivity index (χ4n) is 2.63. The van der Waals surface area contributed by atoms with Crippen molar-refractivity contribution in [3.05, 3.63) is 23.8 Å². The van der Waals surface area contributed by atoms with Crippen molar-refractivity contribution in [2.75, 3.05) is 21.9 Å². The largest absolute Gasteiger partial charge is 0.312 e. The highest BCUT2D eigenvalue weighted by Gasteiger charge is 2.23. The molecule has 0 atom stereocenters. The summed E-state index contributed by atoms with van der Waals surface area (Å²) in [6.45, 7) is 6.31. The number of rotatable bonds is 5. The van der Waals surface area contributed by atoms with Crippen molar-refractivity contribution in [1.29, 1.82) is 0 Å². The van der Waals surface area contributed by atoms with Gasteiger partial charge in [0.15, 0.2) is 0 Å². The number of carbonyl (C=O) groups excluding carboxylic acids is 1. The summed E-state index contributed by atoms with van der Waals surface area (Å²) >= 11 is 0. The number of nitrogens with zero attached hydrogens (tertiary/aromatic N) is 1. The number of fused-ring (bicyclic) bond motifs is 1. The van der Waals surface area contributed by atoms with Crippen LogP contribution in [0.2, 0.25) is 0 Å². The standard InChI is InChI=1S/C15H22N2O3S/c1-4-17-14-7-6-13(9-12(14)5-8-15(17)18)16-21(19,20)10-11(2)3/h6-7,9,11,16H,4-5,8,10H2,1-3H3. The normalized spacial score (nSPS) is 15.2. The summed E-state index contributed by atoms with van der Waals surface area (Å²) in [4.78, 5) is 13.6. The average molecular weight is 310 g/mol. The molecular formula is C15H22N2O3S. The Hall–Kier alpha value is -1.56. The molecule has 0 fully saturated rings. The van der Waals surface area contributed by atoms with Gasteiger partial charge in [-0.25, -0.2) is 8.42 Å². The number of sulfonamides is 1. The summed E-state index contributed by atoms with van der Waals surface area (Å²) in [6.07, 6.45) is 1.13. The third kappa shape index (κ3) is 3.75. The highest BCUT2D eigenvalue weighted by Crippen LogP contribution is 2.30. The van der Waals surface area contributed by atoms with Gasteiger partial charge in [-0.1, -0.05) is 13.8 Å². The predicted molar refractivity (Wildman–Crippen MR) is 85.0 cm³/mol. The predicted octanol–water partition coefficient (Wildman–Crippen LogP) is 2.38. The van der Waals surface area contributed by atoms with E-state index >= 15 is 0 Å². The topological polar surface area (TPSA) is 66.5 Å². The van der Waals surface area contributed by atoms with Crippen molar-refractivity contribution < 1.29 is 13.2 Å². The van der Waals surface area contributed by atoms with Gasteiger partial charge in [0.05, 0.1) is 5.75 Å². The van der Waals surface area contributed by atoms with Crippen molar-refractivity contribution in [2.24, 2.45) is 5.92 Å². The van der Waals surface area contributed by atoms with Crippen LogP contribution in [0.4, 0.5) is 11.4 Å². The van der Waals surface area contributed by atoms with Gasteiger partial charge in [-0.3, -0.25) is 9.52 Å². The van der Waals surface area contributed by atoms with Gasteiger partial charge in [0, 0.05) is 24.3 Å². The second-order valence-corrected chi connectivity index (χ2v) is 7.53. The molecule has 1 heterocycles. The Bertz CT molecular complexity index is 638. The Morgan fingerprint density at radius 3 is 2.62 bits per heavy atom. The van der Waals surface area contributed by atoms with Gasteiger partial charge in [0.1, 0.15) is 0 Å². The lowest BCUT2D eigenvalue weighted by Crippen LogP contribution is -2.34. The number of benzene rings is 1. The van der Waals surface area contributed by atoms with Gasteiger partial charge in [0.25, 0.3) is 0 Å². The lowest BCUT2D eigenvalue weighted by Gasteiger charge is -2.28. The first-order chi connectivity index (χ1) is 9.82. The van der Waals surface area contributed by atoms with E-state index in [4.69, 9.17) is 0 Å². The molecule has 0 spiro atoms. The van der Waals surface area contributed by atoms with Gasteiger partial charge in [-0.15, -0.1) is 0 Å². The van der Waals surface area contributed by atoms with Crippen LogP contribution in [0.15, 0.2) is 18.2 Å². The molecule has 1 aromatic carbocycles. The van der Waals surface area contributed by atoms with Crippen molar-refractivity contribution in [1.82, 2.24) is 0 Å². The number of hydrogen-bond donors (Lipinski definition) is 1. The summed E-state index contributed by atoms with van der Waals surface area (Å²) < 4.78 is 26.6. The quantitative estimate of drug-likeness (QED) is 0.908. The zero-order chi connectivity index (χ0) is 15.6. The smallest absolute Gasteiger partial charge is 0.232 e. The molecule has 6 heteroatoms. The summed E-state index contributed by atoms with van der Waals surface area (Å²) in [6, 6.07) is 5.38. The third-order valence-electron chi connectivity index (χ3n) is 3.42. The highest BCUT2D eigenvalue weighted by molar-refractivity contribution is 7.92. The van der Waals surface area contributed by atoms with E-state index < -0.39 is 10.0 Å². The molecule has 1 N–H and O–H groups in total. The molecule has 0 saturated carbocycles. The van der Waals surface area contributed by atoms with Gasteiger partial charge in [0.2, 0.25) is 15.9 Å². The van der Waals surface area contributed by atoms with Crippen LogP contribution in [-0.2, 0) is 21.2 Å². The van der Waals surface area contributed by atoms with E-state index in [0.717, 1.165) is 11.3 Å². The maximum Gasteiger partial charge on any atom is 0.232 e. The van der Waals surface area contributed by atoms with E-state index in [1.54, 1.807) is 11.0 Å². The average Bonchev–Trinajstić information content (AvgIpc) is 2.36. The molecule has 1 amide bonds. The number of nitrogens with one attached hydrogen (secondary N) is 1. The van der Waals surface area contributed by atoms with Gasteiger partial charge in [-0.2, -0.15) is 0 Å². The molecule has 5 nitrogen and oxygen atoms in total. The Kier molecular flexibility index (Phi) is 4.56. The minimum absolute atomic E-state index is 0.0772. The summed E-state index contributed by atoms with van der Waals surface area (Å²) in [7, 11) is -3.32. The van der Waals surface area contributed by atoms with Crippen LogP contribution in [0.3, 0.4) is 0 Å². The van der Waals surface area contributed by atoms with Crippen LogP contribution >= 0.6 is 0 Å². The zero-order valence-electron chi connectivity index (χ0n) is 12.7. The van der Waals surface area contributed by atoms with E-state index in [2.05, 4.69) is 4.72 Å². The number of carbonyl (C=O) groups is 1. The van der Waals surface area contributed by atoms with Crippen LogP contribution in [0.25, 0.3) is 0 Å². The first-order valence-corrected chi connectivity index (χ1v) is 8.91. The highest BCUT2D eigenvalue weighted by atomic mass is 32.2. The molecule has 0 saturated heterocycles. The van der Waals surface area contributed by atoms with Crippen molar-refractivity contribution >= 4 is 27.3 Å². The molecule has 2 rings (SSSR count). The molecule has 0 radical (unpaired) electrons. The molecule has 1 aliphatic heterocycles. The second kappa shape index (κ2) is 6.05. The summed E-state index contributed by atoms with van der Waals surface area (Å²) in [5, 5.41) is 0. The SMILES string of the molecule is CCN1C(=O)CCc2cc(NS(=O)(=O)CC(C)C)ccc21. The van der Waals surface area contributed by atoms with E-state index in [1.807, 2.05) is 32.9 Å². The Morgan fingerprint density at radius 2 is 2.00 bits per heavy atom. The van der Waals surface area contributed by atoms with Crippen LogP contribution in [0.5, 0.6) is 0 Å². The fraction of sp³-hybridized carbons (Fsp3) is 0.533. The van der Waals surface area contributed by atoms with Crippen molar-refractivity contribution in [2.45, 2.75) is 33.6 Å². The Balaban J connectivity index is 2.24. The molecule has 1 aliphatic rings. The van der Waals surface area contributed by atoms with Crippen LogP contribution in [0, 0.1) is 5.92 Å². The molecule has 0 aliphatic carbocycles. The minimum atomic E-state index is -3.32. The number of anilines is 2. The Labute approximate surface area is 126 Å². The molecular weight excluding hydrogens is 288 g/mol. The van der Waals surface area contributed by atoms with Crippen LogP contribution < -0.4 is 9.62 Å². The maximum atomic E-state index is 12.0. The monoisotopic (exact) mass is 310 g/mol. The zero-order valence-corrected chi connectivity index (χ0v) is 13.5. The summed E-state index contributed by atoms with van der Waals surface area (Å²) in [5.74, 6) is 0.301. The molecule has 21 heavy (non-hydrogen) atoms. The van der Waals surface area contributed by atoms with Gasteiger partial charge < -0.3 is 4.90 Å². The number of aryl methyl sites for hydroxylation is 1. The fourth-order valence-corrected chi connectivity index (χ4v) is 4.08. The number of amides is 1. The van der Waals surface area contributed by atoms with Crippen LogP contribution in [-0.4, -0.2) is 26.6 Å². The lowest BCUT2D eigenvalue weighted by molar-refractivity contribution is -0.118. The maximum absolute atomic E-state index is 12.0. The first kappa shape index (κ1) is 15.8. The molecule has 116 valence electrons. The van der Waals surface area contributed by atoms with Crippen molar-refractivity contribution in [3.63, 3.8) is 0 Å². The van der Waals surface area contributed by atoms with Gasteiger partial charge in [-0.05, 0) is 43.0 Å². The van der Waals surface area contributed by atoms with E-state index in [9.17, 15) is 13.2 Å². The molecule has 0 unspecified atom stereocenters. The van der Waals surface area contributed by atoms with E-state index in [0.29, 0.717) is 25.1 Å². The third-order valence-corrected chi connectivity index (χ3v) is 5.07. The lowest BCUT2D eigenvalue weighted by atomic mass is 10.0. The van der Waals surface area contributed by atoms with E-state index in [1.165, 1.54) is 0 Å². The van der Waals surface area contributed by atoms with Crippen molar-refractivity contribution in [3.8, 4) is 0 Å². The number of hydrogen-bond acceptors (Lipinski definition) is 3. The van der Waals surface area contributed by atoms with Crippen LogP contribution in [0.1, 0.15) is 32.8 Å². The van der Waals surface area contributed by atoms with E-state index in [-0.39, 0.29) is 17.6 Å². The molecule has 0 aromatic heterocycles. The molecule has 0 bridgehead atoms. The Morgan fingerprint density at radius 1 is 1.29 bits per heavy atom. The second-order valence-electron chi connectivity index (χ2n) is 5.76. The first-order valence-electron chi connectivity index (χ1n) is 7.26.